The minimum Gasteiger partial charge on any atom is -0.497 e. The third-order valence-corrected chi connectivity index (χ3v) is 6.51. The number of imidazole rings is 1. The summed E-state index contributed by atoms with van der Waals surface area (Å²) >= 11 is 0. The number of hydrogen-bond acceptors (Lipinski definition) is 6. The van der Waals surface area contributed by atoms with Crippen LogP contribution in [0.15, 0.2) is 48.7 Å². The van der Waals surface area contributed by atoms with Crippen molar-refractivity contribution in [3.63, 3.8) is 0 Å². The number of hydrogen-bond donors (Lipinski definition) is 1. The highest BCUT2D eigenvalue weighted by Crippen LogP contribution is 2.27. The lowest BCUT2D eigenvalue weighted by Gasteiger charge is -2.24. The van der Waals surface area contributed by atoms with E-state index in [-0.39, 0.29) is 31.1 Å². The van der Waals surface area contributed by atoms with Crippen molar-refractivity contribution in [1.29, 1.82) is 0 Å². The summed E-state index contributed by atoms with van der Waals surface area (Å²) in [6, 6.07) is 13.7. The molecule has 2 aromatic carbocycles. The van der Waals surface area contributed by atoms with Crippen LogP contribution in [0, 0.1) is 13.8 Å². The molecule has 0 spiro atoms. The van der Waals surface area contributed by atoms with E-state index in [1.807, 2.05) is 54.1 Å². The van der Waals surface area contributed by atoms with Crippen LogP contribution in [-0.4, -0.2) is 72.9 Å². The number of ether oxygens (including phenoxy) is 3. The van der Waals surface area contributed by atoms with Crippen molar-refractivity contribution in [3.05, 3.63) is 59.8 Å². The van der Waals surface area contributed by atoms with E-state index in [4.69, 9.17) is 19.2 Å². The molecule has 1 aromatic heterocycles. The third-order valence-electron chi connectivity index (χ3n) is 6.51. The summed E-state index contributed by atoms with van der Waals surface area (Å²) < 4.78 is 17.8. The molecular formula is C28H34N4O5. The van der Waals surface area contributed by atoms with Crippen LogP contribution >= 0.6 is 0 Å². The molecule has 1 fully saturated rings. The Kier molecular flexibility index (Phi) is 8.58. The van der Waals surface area contributed by atoms with Gasteiger partial charge in [-0.1, -0.05) is 6.07 Å². The van der Waals surface area contributed by atoms with Gasteiger partial charge in [-0.2, -0.15) is 0 Å². The first-order valence-corrected chi connectivity index (χ1v) is 12.4. The Balaban J connectivity index is 1.60. The minimum atomic E-state index is -0.348. The molecule has 0 bridgehead atoms. The number of aryl methyl sites for hydroxylation is 2. The van der Waals surface area contributed by atoms with E-state index in [2.05, 4.69) is 18.3 Å². The number of carbonyl (C=O) groups excluding carboxylic acids is 2. The molecule has 1 N–H and O–H groups in total. The summed E-state index contributed by atoms with van der Waals surface area (Å²) in [5.74, 6) is 0.511. The number of nitrogens with zero attached hydrogens (tertiary/aromatic N) is 3. The number of nitrogens with one attached hydrogen (secondary N) is 1. The molecule has 9 heteroatoms. The van der Waals surface area contributed by atoms with Gasteiger partial charge in [0.25, 0.3) is 0 Å². The van der Waals surface area contributed by atoms with Gasteiger partial charge in [-0.15, -0.1) is 0 Å². The molecule has 0 aliphatic carbocycles. The van der Waals surface area contributed by atoms with E-state index in [0.29, 0.717) is 24.8 Å². The zero-order chi connectivity index (χ0) is 26.4. The fraction of sp³-hybridized carbons (Fsp3) is 0.393. The summed E-state index contributed by atoms with van der Waals surface area (Å²) in [4.78, 5) is 32.1. The lowest BCUT2D eigenvalue weighted by atomic mass is 10.1. The average Bonchev–Trinajstić information content (AvgIpc) is 3.56. The fourth-order valence-electron chi connectivity index (χ4n) is 4.28. The van der Waals surface area contributed by atoms with Gasteiger partial charge >= 0.3 is 0 Å². The molecule has 1 aliphatic rings. The van der Waals surface area contributed by atoms with Gasteiger partial charge in [-0.05, 0) is 74.2 Å². The maximum Gasteiger partial charge on any atom is 0.249 e. The highest BCUT2D eigenvalue weighted by Gasteiger charge is 2.25. The van der Waals surface area contributed by atoms with Crippen molar-refractivity contribution in [2.75, 3.05) is 45.8 Å². The number of benzene rings is 2. The number of anilines is 1. The van der Waals surface area contributed by atoms with Crippen LogP contribution in [0.2, 0.25) is 0 Å². The normalized spacial score (nSPS) is 15.0. The predicted molar refractivity (Wildman–Crippen MR) is 141 cm³/mol. The topological polar surface area (TPSA) is 94.9 Å². The van der Waals surface area contributed by atoms with Crippen LogP contribution in [-0.2, 0) is 19.1 Å². The van der Waals surface area contributed by atoms with E-state index in [1.165, 1.54) is 17.6 Å². The van der Waals surface area contributed by atoms with E-state index >= 15 is 0 Å². The number of rotatable bonds is 10. The summed E-state index contributed by atoms with van der Waals surface area (Å²) in [6.07, 6.45) is 3.63. The minimum absolute atomic E-state index is 0.0761. The average molecular weight is 507 g/mol. The highest BCUT2D eigenvalue weighted by atomic mass is 16.5. The number of methoxy groups -OCH3 is 2. The van der Waals surface area contributed by atoms with Crippen molar-refractivity contribution < 1.29 is 23.8 Å². The molecule has 3 aromatic rings. The Labute approximate surface area is 217 Å². The Morgan fingerprint density at radius 1 is 1.14 bits per heavy atom. The van der Waals surface area contributed by atoms with Crippen LogP contribution in [0.25, 0.3) is 16.9 Å². The van der Waals surface area contributed by atoms with Crippen molar-refractivity contribution in [3.8, 4) is 22.7 Å². The molecular weight excluding hydrogens is 472 g/mol. The van der Waals surface area contributed by atoms with Gasteiger partial charge in [0.05, 0.1) is 18.9 Å². The molecule has 9 nitrogen and oxygen atoms in total. The van der Waals surface area contributed by atoms with Crippen molar-refractivity contribution in [2.24, 2.45) is 0 Å². The van der Waals surface area contributed by atoms with Crippen LogP contribution in [0.5, 0.6) is 5.75 Å². The molecule has 4 rings (SSSR count). The first-order valence-electron chi connectivity index (χ1n) is 12.4. The quantitative estimate of drug-likeness (QED) is 0.450. The second-order valence-electron chi connectivity index (χ2n) is 9.21. The number of aromatic nitrogens is 2. The maximum atomic E-state index is 13.2. The maximum absolute atomic E-state index is 13.2. The number of carbonyl (C=O) groups is 2. The van der Waals surface area contributed by atoms with Crippen LogP contribution in [0.4, 0.5) is 5.95 Å². The Hall–Kier alpha value is -3.69. The molecule has 37 heavy (non-hydrogen) atoms. The largest absolute Gasteiger partial charge is 0.497 e. The van der Waals surface area contributed by atoms with E-state index in [1.54, 1.807) is 7.11 Å². The van der Waals surface area contributed by atoms with E-state index < -0.39 is 0 Å². The third kappa shape index (κ3) is 6.55. The summed E-state index contributed by atoms with van der Waals surface area (Å²) in [7, 11) is 3.08. The Bertz CT molecular complexity index is 1230. The van der Waals surface area contributed by atoms with Gasteiger partial charge in [0.1, 0.15) is 18.9 Å². The fourth-order valence-corrected chi connectivity index (χ4v) is 4.28. The predicted octanol–water partition coefficient (Wildman–Crippen LogP) is 3.76. The molecule has 0 radical (unpaired) electrons. The lowest BCUT2D eigenvalue weighted by Crippen LogP contribution is -2.44. The molecule has 0 unspecified atom stereocenters. The van der Waals surface area contributed by atoms with Crippen LogP contribution in [0.1, 0.15) is 24.0 Å². The molecule has 0 saturated carbocycles. The summed E-state index contributed by atoms with van der Waals surface area (Å²) in [5, 5.41) is 2.92. The van der Waals surface area contributed by atoms with Crippen molar-refractivity contribution in [2.45, 2.75) is 32.8 Å². The molecule has 1 aliphatic heterocycles. The zero-order valence-electron chi connectivity index (χ0n) is 21.8. The van der Waals surface area contributed by atoms with Gasteiger partial charge in [-0.25, -0.2) is 4.98 Å². The SMILES string of the molecule is COCC(=O)N(CC(=O)Nc1nc(-c2ccc(OC)cc2)cn1-c1ccc(C)c(C)c1)C[C@H]1CCCO1. The Morgan fingerprint density at radius 3 is 2.57 bits per heavy atom. The first kappa shape index (κ1) is 26.4. The Morgan fingerprint density at radius 2 is 1.92 bits per heavy atom. The van der Waals surface area contributed by atoms with Crippen LogP contribution < -0.4 is 10.1 Å². The van der Waals surface area contributed by atoms with Crippen molar-refractivity contribution in [1.82, 2.24) is 14.5 Å². The second kappa shape index (κ2) is 12.0. The second-order valence-corrected chi connectivity index (χ2v) is 9.21. The van der Waals surface area contributed by atoms with Crippen LogP contribution in [0.3, 0.4) is 0 Å². The lowest BCUT2D eigenvalue weighted by molar-refractivity contribution is -0.139. The summed E-state index contributed by atoms with van der Waals surface area (Å²) in [5.41, 5.74) is 4.75. The van der Waals surface area contributed by atoms with Crippen molar-refractivity contribution >= 4 is 17.8 Å². The molecule has 2 amide bonds. The standard InChI is InChI=1S/C28H34N4O5/c1-19-7-10-22(14-20(19)2)32-16-25(21-8-11-23(36-4)12-9-21)29-28(32)30-26(33)17-31(27(34)18-35-3)15-24-6-5-13-37-24/h7-12,14,16,24H,5-6,13,15,17-18H2,1-4H3,(H,29,30,33)/t24-/m1/s1. The van der Waals surface area contributed by atoms with E-state index in [0.717, 1.165) is 35.4 Å². The van der Waals surface area contributed by atoms with Gasteiger partial charge in [0.15, 0.2) is 0 Å². The summed E-state index contributed by atoms with van der Waals surface area (Å²) in [6.45, 7) is 4.89. The highest BCUT2D eigenvalue weighted by molar-refractivity contribution is 5.94. The zero-order valence-corrected chi connectivity index (χ0v) is 21.8. The molecule has 196 valence electrons. The smallest absolute Gasteiger partial charge is 0.249 e. The molecule has 2 heterocycles. The van der Waals surface area contributed by atoms with Gasteiger partial charge in [0, 0.05) is 37.7 Å². The van der Waals surface area contributed by atoms with E-state index in [9.17, 15) is 9.59 Å². The molecule has 1 atom stereocenters. The first-order chi connectivity index (χ1) is 17.9. The van der Waals surface area contributed by atoms with Gasteiger partial charge < -0.3 is 19.1 Å². The number of amides is 2. The van der Waals surface area contributed by atoms with Gasteiger partial charge in [0.2, 0.25) is 17.8 Å². The molecule has 1 saturated heterocycles. The monoisotopic (exact) mass is 506 g/mol. The van der Waals surface area contributed by atoms with Gasteiger partial charge in [-0.3, -0.25) is 19.5 Å².